The van der Waals surface area contributed by atoms with Crippen molar-refractivity contribution in [1.29, 1.82) is 0 Å². The van der Waals surface area contributed by atoms with Gasteiger partial charge in [0.2, 0.25) is 0 Å². The lowest BCUT2D eigenvalue weighted by Crippen LogP contribution is -2.32. The zero-order valence-corrected chi connectivity index (χ0v) is 21.2. The smallest absolute Gasteiger partial charge is 0.326 e. The van der Waals surface area contributed by atoms with Crippen molar-refractivity contribution in [1.82, 2.24) is 14.3 Å². The van der Waals surface area contributed by atoms with Crippen molar-refractivity contribution < 1.29 is 14.3 Å². The van der Waals surface area contributed by atoms with Gasteiger partial charge in [-0.3, -0.25) is 0 Å². The van der Waals surface area contributed by atoms with Crippen molar-refractivity contribution in [3.8, 4) is 11.4 Å². The van der Waals surface area contributed by atoms with E-state index in [9.17, 15) is 14.3 Å². The van der Waals surface area contributed by atoms with Crippen LogP contribution in [0.5, 0.6) is 0 Å². The minimum atomic E-state index is -0.966. The zero-order chi connectivity index (χ0) is 25.7. The van der Waals surface area contributed by atoms with Gasteiger partial charge in [0, 0.05) is 23.9 Å². The number of carbonyl (C=O) groups is 1. The fraction of sp³-hybridized carbons (Fsp3) is 0.259. The number of halogens is 1. The standard InChI is InChI=1S/C27H28FN5O2S/c1-4-19-14-21(28)12-17(3)25(19)31-22(27(34)35)13-18-5-7-20(8-6-18)26-32-24(36-33-26)15-30-23-11-16(2)9-10-29-23/h5-12,14,22,31H,4,13,15H2,1-3H3,(H,29,30)(H,34,35). The van der Waals surface area contributed by atoms with Crippen LogP contribution in [0.15, 0.2) is 54.7 Å². The number of pyridine rings is 1. The third kappa shape index (κ3) is 6.23. The first-order valence-electron chi connectivity index (χ1n) is 11.7. The number of anilines is 2. The molecule has 0 aliphatic rings. The molecule has 0 aliphatic heterocycles. The third-order valence-electron chi connectivity index (χ3n) is 5.84. The van der Waals surface area contributed by atoms with Crippen molar-refractivity contribution in [2.75, 3.05) is 10.6 Å². The molecule has 0 bridgehead atoms. The quantitative estimate of drug-likeness (QED) is 0.256. The summed E-state index contributed by atoms with van der Waals surface area (Å²) in [5.74, 6) is 0.132. The van der Waals surface area contributed by atoms with Crippen LogP contribution in [0, 0.1) is 19.7 Å². The van der Waals surface area contributed by atoms with Gasteiger partial charge in [0.05, 0.1) is 6.54 Å². The molecule has 1 unspecified atom stereocenters. The van der Waals surface area contributed by atoms with Gasteiger partial charge in [-0.15, -0.1) is 0 Å². The second-order valence-electron chi connectivity index (χ2n) is 8.63. The highest BCUT2D eigenvalue weighted by Crippen LogP contribution is 2.25. The Morgan fingerprint density at radius 1 is 1.14 bits per heavy atom. The number of nitrogens with zero attached hydrogens (tertiary/aromatic N) is 3. The van der Waals surface area contributed by atoms with Crippen LogP contribution in [0.3, 0.4) is 0 Å². The van der Waals surface area contributed by atoms with Crippen LogP contribution in [0.1, 0.15) is 34.2 Å². The van der Waals surface area contributed by atoms with Crippen molar-refractivity contribution in [3.63, 3.8) is 0 Å². The Balaban J connectivity index is 1.42. The fourth-order valence-electron chi connectivity index (χ4n) is 3.94. The van der Waals surface area contributed by atoms with Crippen molar-refractivity contribution in [2.45, 2.75) is 46.2 Å². The summed E-state index contributed by atoms with van der Waals surface area (Å²) in [6.45, 7) is 6.24. The molecule has 4 rings (SSSR count). The first-order valence-corrected chi connectivity index (χ1v) is 12.5. The van der Waals surface area contributed by atoms with Crippen molar-refractivity contribution in [3.05, 3.63) is 87.8 Å². The number of nitrogens with one attached hydrogen (secondary N) is 2. The van der Waals surface area contributed by atoms with E-state index in [1.165, 1.54) is 23.7 Å². The predicted octanol–water partition coefficient (Wildman–Crippen LogP) is 5.64. The molecule has 2 heterocycles. The first-order chi connectivity index (χ1) is 17.3. The van der Waals surface area contributed by atoms with Crippen LogP contribution in [0.2, 0.25) is 0 Å². The lowest BCUT2D eigenvalue weighted by molar-refractivity contribution is -0.137. The molecule has 0 fully saturated rings. The number of carboxylic acid groups (broad SMARTS) is 1. The molecule has 4 aromatic rings. The Morgan fingerprint density at radius 3 is 2.61 bits per heavy atom. The summed E-state index contributed by atoms with van der Waals surface area (Å²) in [7, 11) is 0. The maximum absolute atomic E-state index is 13.8. The van der Waals surface area contributed by atoms with Gasteiger partial charge in [-0.2, -0.15) is 4.37 Å². The maximum Gasteiger partial charge on any atom is 0.326 e. The molecule has 3 N–H and O–H groups in total. The van der Waals surface area contributed by atoms with E-state index in [1.807, 2.05) is 50.2 Å². The molecular formula is C27H28FN5O2S. The minimum Gasteiger partial charge on any atom is -0.480 e. The lowest BCUT2D eigenvalue weighted by atomic mass is 10.0. The van der Waals surface area contributed by atoms with Gasteiger partial charge in [0.25, 0.3) is 0 Å². The monoisotopic (exact) mass is 505 g/mol. The number of hydrogen-bond acceptors (Lipinski definition) is 7. The van der Waals surface area contributed by atoms with Gasteiger partial charge in [-0.25, -0.2) is 19.2 Å². The van der Waals surface area contributed by atoms with Gasteiger partial charge >= 0.3 is 5.97 Å². The average Bonchev–Trinajstić information content (AvgIpc) is 3.33. The molecule has 0 saturated heterocycles. The number of aromatic nitrogens is 3. The summed E-state index contributed by atoms with van der Waals surface area (Å²) < 4.78 is 18.3. The van der Waals surface area contributed by atoms with E-state index in [1.54, 1.807) is 13.1 Å². The molecule has 1 atom stereocenters. The summed E-state index contributed by atoms with van der Waals surface area (Å²) in [5.41, 5.74) is 4.97. The molecular weight excluding hydrogens is 477 g/mol. The molecule has 2 aromatic heterocycles. The van der Waals surface area contributed by atoms with E-state index in [0.29, 0.717) is 30.0 Å². The summed E-state index contributed by atoms with van der Waals surface area (Å²) in [4.78, 5) is 20.9. The average molecular weight is 506 g/mol. The zero-order valence-electron chi connectivity index (χ0n) is 20.4. The SMILES string of the molecule is CCc1cc(F)cc(C)c1NC(Cc1ccc(-c2nsc(CNc3cc(C)ccn3)n2)cc1)C(=O)O. The Morgan fingerprint density at radius 2 is 1.92 bits per heavy atom. The van der Waals surface area contributed by atoms with Gasteiger partial charge in [0.1, 0.15) is 22.7 Å². The Hall–Kier alpha value is -3.85. The van der Waals surface area contributed by atoms with Crippen LogP contribution in [-0.2, 0) is 24.2 Å². The van der Waals surface area contributed by atoms with E-state index in [4.69, 9.17) is 0 Å². The van der Waals surface area contributed by atoms with E-state index >= 15 is 0 Å². The first kappa shape index (κ1) is 25.2. The molecule has 36 heavy (non-hydrogen) atoms. The van der Waals surface area contributed by atoms with E-state index in [0.717, 1.165) is 33.1 Å². The van der Waals surface area contributed by atoms with E-state index in [2.05, 4.69) is 25.0 Å². The summed E-state index contributed by atoms with van der Waals surface area (Å²) >= 11 is 1.33. The summed E-state index contributed by atoms with van der Waals surface area (Å²) in [6.07, 6.45) is 2.64. The highest BCUT2D eigenvalue weighted by atomic mass is 32.1. The summed E-state index contributed by atoms with van der Waals surface area (Å²) in [5, 5.41) is 17.0. The molecule has 2 aromatic carbocycles. The highest BCUT2D eigenvalue weighted by molar-refractivity contribution is 7.05. The second-order valence-corrected chi connectivity index (χ2v) is 9.47. The number of rotatable bonds is 10. The Labute approximate surface area is 213 Å². The van der Waals surface area contributed by atoms with E-state index < -0.39 is 12.0 Å². The fourth-order valence-corrected chi connectivity index (χ4v) is 4.54. The van der Waals surface area contributed by atoms with Crippen LogP contribution in [0.25, 0.3) is 11.4 Å². The van der Waals surface area contributed by atoms with Crippen LogP contribution < -0.4 is 10.6 Å². The van der Waals surface area contributed by atoms with Gasteiger partial charge < -0.3 is 15.7 Å². The minimum absolute atomic E-state index is 0.277. The van der Waals surface area contributed by atoms with E-state index in [-0.39, 0.29) is 12.2 Å². The maximum atomic E-state index is 13.8. The second kappa shape index (κ2) is 11.3. The number of carboxylic acids is 1. The molecule has 7 nitrogen and oxygen atoms in total. The molecule has 0 radical (unpaired) electrons. The molecule has 0 saturated carbocycles. The Bertz CT molecular complexity index is 1360. The normalized spacial score (nSPS) is 11.8. The highest BCUT2D eigenvalue weighted by Gasteiger charge is 2.20. The molecule has 0 aliphatic carbocycles. The predicted molar refractivity (Wildman–Crippen MR) is 141 cm³/mol. The number of aryl methyl sites for hydroxylation is 3. The van der Waals surface area contributed by atoms with Crippen LogP contribution in [0.4, 0.5) is 15.9 Å². The van der Waals surface area contributed by atoms with Crippen molar-refractivity contribution >= 4 is 29.0 Å². The Kier molecular flexibility index (Phi) is 7.90. The number of hydrogen-bond donors (Lipinski definition) is 3. The topological polar surface area (TPSA) is 100 Å². The molecule has 9 heteroatoms. The summed E-state index contributed by atoms with van der Waals surface area (Å²) in [6, 6.07) is 13.5. The lowest BCUT2D eigenvalue weighted by Gasteiger charge is -2.20. The van der Waals surface area contributed by atoms with Crippen LogP contribution in [-0.4, -0.2) is 31.5 Å². The largest absolute Gasteiger partial charge is 0.480 e. The molecule has 186 valence electrons. The molecule has 0 spiro atoms. The van der Waals surface area contributed by atoms with Gasteiger partial charge in [0.15, 0.2) is 5.82 Å². The van der Waals surface area contributed by atoms with Gasteiger partial charge in [-0.1, -0.05) is 31.2 Å². The van der Waals surface area contributed by atoms with Crippen LogP contribution >= 0.6 is 11.5 Å². The number of aliphatic carboxylic acids is 1. The number of benzene rings is 2. The van der Waals surface area contributed by atoms with Gasteiger partial charge in [-0.05, 0) is 78.3 Å². The third-order valence-corrected chi connectivity index (χ3v) is 6.55. The molecule has 0 amide bonds. The van der Waals surface area contributed by atoms with Crippen molar-refractivity contribution in [2.24, 2.45) is 0 Å².